The molecule has 59 heavy (non-hydrogen) atoms. The van der Waals surface area contributed by atoms with Crippen LogP contribution in [0.1, 0.15) is 17.5 Å². The van der Waals surface area contributed by atoms with Crippen molar-refractivity contribution in [3.05, 3.63) is 134 Å². The molecule has 1 heterocycles. The first kappa shape index (κ1) is 40.9. The highest BCUT2D eigenvalue weighted by molar-refractivity contribution is 6.10. The largest absolute Gasteiger partial charge is 0.493 e. The van der Waals surface area contributed by atoms with Crippen LogP contribution in [0.2, 0.25) is 0 Å². The van der Waals surface area contributed by atoms with Gasteiger partial charge in [-0.2, -0.15) is 0 Å². The van der Waals surface area contributed by atoms with Crippen LogP contribution in [0.25, 0.3) is 32.7 Å². The third-order valence-electron chi connectivity index (χ3n) is 8.81. The first-order valence-corrected chi connectivity index (χ1v) is 18.5. The van der Waals surface area contributed by atoms with Gasteiger partial charge in [-0.3, -0.25) is 4.79 Å². The van der Waals surface area contributed by atoms with Crippen LogP contribution in [0.4, 0.5) is 0 Å². The van der Waals surface area contributed by atoms with E-state index >= 15 is 0 Å². The summed E-state index contributed by atoms with van der Waals surface area (Å²) in [7, 11) is 0. The predicted molar refractivity (Wildman–Crippen MR) is 221 cm³/mol. The van der Waals surface area contributed by atoms with Gasteiger partial charge < -0.3 is 33.2 Å². The maximum atomic E-state index is 13.6. The van der Waals surface area contributed by atoms with Gasteiger partial charge in [0.25, 0.3) is 0 Å². The monoisotopic (exact) mass is 790 g/mol. The molecule has 0 aliphatic carbocycles. The number of benzene rings is 5. The van der Waals surface area contributed by atoms with E-state index in [1.54, 1.807) is 24.3 Å². The van der Waals surface area contributed by atoms with Crippen molar-refractivity contribution in [2.24, 2.45) is 5.92 Å². The molecule has 0 atom stereocenters. The number of carbonyl (C=O) groups is 4. The van der Waals surface area contributed by atoms with Gasteiger partial charge in [0.2, 0.25) is 0 Å². The highest BCUT2D eigenvalue weighted by Crippen LogP contribution is 2.46. The molecule has 11 heteroatoms. The van der Waals surface area contributed by atoms with Crippen molar-refractivity contribution in [1.82, 2.24) is 0 Å². The van der Waals surface area contributed by atoms with Crippen molar-refractivity contribution >= 4 is 45.4 Å². The summed E-state index contributed by atoms with van der Waals surface area (Å²) in [6, 6.07) is 25.6. The average Bonchev–Trinajstić information content (AvgIpc) is 3.34. The lowest BCUT2D eigenvalue weighted by Gasteiger charge is -2.18. The minimum Gasteiger partial charge on any atom is -0.493 e. The van der Waals surface area contributed by atoms with Crippen LogP contribution in [-0.4, -0.2) is 63.5 Å². The van der Waals surface area contributed by atoms with Gasteiger partial charge in [0.15, 0.2) is 13.2 Å². The van der Waals surface area contributed by atoms with Crippen LogP contribution in [0, 0.1) is 29.6 Å². The Kier molecular flexibility index (Phi) is 13.8. The molecule has 5 aromatic carbocycles. The Morgan fingerprint density at radius 1 is 0.610 bits per heavy atom. The smallest absolute Gasteiger partial charge is 0.331 e. The number of carbonyl (C=O) groups excluding carboxylic acids is 4. The summed E-state index contributed by atoms with van der Waals surface area (Å²) in [5, 5.41) is 3.41. The molecule has 0 spiro atoms. The molecule has 0 amide bonds. The first-order chi connectivity index (χ1) is 28.8. The van der Waals surface area contributed by atoms with Gasteiger partial charge in [0.05, 0.1) is 13.2 Å². The molecule has 11 nitrogen and oxygen atoms in total. The van der Waals surface area contributed by atoms with Crippen molar-refractivity contribution in [1.29, 1.82) is 0 Å². The van der Waals surface area contributed by atoms with Crippen LogP contribution in [0.3, 0.4) is 0 Å². The SMILES string of the molecule is C=CC(=O)OCC#Cc1ccc2c3c(ccc2c1)OCC(C(=O)Oc1ccc(OCCCOC(=O)C=C)cc1)COc1ccc2cc(C#CCOC(=O)C=C)ccc2c1-3. The van der Waals surface area contributed by atoms with Crippen molar-refractivity contribution in [2.75, 3.05) is 39.6 Å². The fraction of sp³-hybridized carbons (Fsp3) is 0.167. The van der Waals surface area contributed by atoms with E-state index in [1.165, 1.54) is 0 Å². The Morgan fingerprint density at radius 2 is 1.10 bits per heavy atom. The Bertz CT molecular complexity index is 2430. The zero-order valence-corrected chi connectivity index (χ0v) is 32.0. The summed E-state index contributed by atoms with van der Waals surface area (Å²) >= 11 is 0. The van der Waals surface area contributed by atoms with Crippen molar-refractivity contribution < 1.29 is 52.3 Å². The third-order valence-corrected chi connectivity index (χ3v) is 8.81. The van der Waals surface area contributed by atoms with Crippen molar-refractivity contribution in [3.63, 3.8) is 0 Å². The predicted octanol–water partition coefficient (Wildman–Crippen LogP) is 7.31. The second-order valence-electron chi connectivity index (χ2n) is 12.8. The second-order valence-corrected chi connectivity index (χ2v) is 12.8. The maximum Gasteiger partial charge on any atom is 0.331 e. The molecule has 5 aromatic rings. The molecule has 0 saturated heterocycles. The number of hydrogen-bond acceptors (Lipinski definition) is 11. The summed E-state index contributed by atoms with van der Waals surface area (Å²) in [4.78, 5) is 47.7. The Balaban J connectivity index is 1.28. The summed E-state index contributed by atoms with van der Waals surface area (Å²) in [5.74, 6) is 10.8. The molecular formula is C48H38O11. The lowest BCUT2D eigenvalue weighted by Crippen LogP contribution is -2.31. The quantitative estimate of drug-likeness (QED) is 0.0315. The Labute approximate surface area is 340 Å². The van der Waals surface area contributed by atoms with Gasteiger partial charge in [0.1, 0.15) is 42.1 Å². The summed E-state index contributed by atoms with van der Waals surface area (Å²) in [5.41, 5.74) is 2.92. The molecule has 0 fully saturated rings. The van der Waals surface area contributed by atoms with E-state index in [1.807, 2.05) is 60.7 Å². The van der Waals surface area contributed by atoms with E-state index < -0.39 is 29.8 Å². The molecule has 0 saturated carbocycles. The standard InChI is InChI=1S/C48H38O11/c1-4-43(49)54-24-7-10-32-12-20-39-34(28-32)14-22-41-46(39)47-40-21-13-33(11-8-25-55-44(50)5-2)29-35(40)15-23-42(47)58-31-36(30-57-41)48(52)59-38-18-16-37(17-19-38)53-26-9-27-56-45(51)6-3/h4-6,12-23,28-29,36H,1-3,9,24-27,30-31H2. The molecule has 0 N–H and O–H groups in total. The Morgan fingerprint density at radius 3 is 1.61 bits per heavy atom. The fourth-order valence-corrected chi connectivity index (χ4v) is 5.99. The summed E-state index contributed by atoms with van der Waals surface area (Å²) in [6.45, 7) is 10.4. The number of rotatable bonds is 12. The minimum absolute atomic E-state index is 0.0377. The maximum absolute atomic E-state index is 13.6. The van der Waals surface area contributed by atoms with Gasteiger partial charge in [0, 0.05) is 46.9 Å². The number of fused-ring (bicyclic) bond motifs is 7. The zero-order chi connectivity index (χ0) is 41.6. The van der Waals surface area contributed by atoms with E-state index in [0.29, 0.717) is 47.2 Å². The summed E-state index contributed by atoms with van der Waals surface area (Å²) in [6.07, 6.45) is 3.76. The molecule has 0 unspecified atom stereocenters. The number of ether oxygens (including phenoxy) is 7. The van der Waals surface area contributed by atoms with Crippen LogP contribution >= 0.6 is 0 Å². The zero-order valence-electron chi connectivity index (χ0n) is 32.0. The lowest BCUT2D eigenvalue weighted by atomic mass is 9.91. The van der Waals surface area contributed by atoms with Gasteiger partial charge >= 0.3 is 23.9 Å². The van der Waals surface area contributed by atoms with Gasteiger partial charge in [-0.1, -0.05) is 67.7 Å². The van der Waals surface area contributed by atoms with Gasteiger partial charge in [-0.25, -0.2) is 14.4 Å². The fourth-order valence-electron chi connectivity index (χ4n) is 5.99. The third kappa shape index (κ3) is 10.8. The van der Waals surface area contributed by atoms with Crippen LogP contribution in [-0.2, 0) is 33.4 Å². The number of esters is 4. The minimum atomic E-state index is -0.810. The van der Waals surface area contributed by atoms with E-state index in [-0.39, 0.29) is 33.0 Å². The van der Waals surface area contributed by atoms with E-state index in [4.69, 9.17) is 33.2 Å². The Hall–Kier alpha value is -7.76. The molecule has 0 radical (unpaired) electrons. The lowest BCUT2D eigenvalue weighted by molar-refractivity contribution is -0.141. The van der Waals surface area contributed by atoms with E-state index in [0.717, 1.165) is 50.9 Å². The normalized spacial score (nSPS) is 11.7. The van der Waals surface area contributed by atoms with Gasteiger partial charge in [-0.15, -0.1) is 0 Å². The summed E-state index contributed by atoms with van der Waals surface area (Å²) < 4.78 is 39.3. The van der Waals surface area contributed by atoms with Crippen LogP contribution in [0.5, 0.6) is 23.0 Å². The topological polar surface area (TPSA) is 133 Å². The molecule has 6 rings (SSSR count). The highest BCUT2D eigenvalue weighted by Gasteiger charge is 2.28. The van der Waals surface area contributed by atoms with Crippen LogP contribution in [0.15, 0.2) is 123 Å². The molecular weight excluding hydrogens is 753 g/mol. The highest BCUT2D eigenvalue weighted by atomic mass is 16.6. The molecule has 296 valence electrons. The average molecular weight is 791 g/mol. The van der Waals surface area contributed by atoms with Crippen molar-refractivity contribution in [2.45, 2.75) is 6.42 Å². The second kappa shape index (κ2) is 19.9. The van der Waals surface area contributed by atoms with Crippen molar-refractivity contribution in [3.8, 4) is 57.8 Å². The molecule has 0 aromatic heterocycles. The van der Waals surface area contributed by atoms with Gasteiger partial charge in [-0.05, 0) is 82.2 Å². The molecule has 0 bridgehead atoms. The first-order valence-electron chi connectivity index (χ1n) is 18.5. The molecule has 1 aliphatic heterocycles. The van der Waals surface area contributed by atoms with Crippen LogP contribution < -0.4 is 18.9 Å². The van der Waals surface area contributed by atoms with E-state index in [2.05, 4.69) is 43.4 Å². The molecule has 1 aliphatic rings. The number of hydrogen-bond donors (Lipinski definition) is 0. The van der Waals surface area contributed by atoms with E-state index in [9.17, 15) is 19.2 Å².